The second-order valence-electron chi connectivity index (χ2n) is 3.55. The van der Waals surface area contributed by atoms with E-state index in [9.17, 15) is 4.79 Å². The van der Waals surface area contributed by atoms with Gasteiger partial charge in [0.1, 0.15) is 0 Å². The molecule has 88 valence electrons. The SMILES string of the molecule is CCOC(=O)/C=C/CNC(C)CC(C)O. The summed E-state index contributed by atoms with van der Waals surface area (Å²) in [5.74, 6) is -0.317. The van der Waals surface area contributed by atoms with Crippen molar-refractivity contribution in [3.63, 3.8) is 0 Å². The Labute approximate surface area is 91.3 Å². The summed E-state index contributed by atoms with van der Waals surface area (Å²) in [4.78, 5) is 10.9. The van der Waals surface area contributed by atoms with Crippen molar-refractivity contribution in [1.29, 1.82) is 0 Å². The molecular formula is C11H21NO3. The molecule has 0 bridgehead atoms. The first-order chi connectivity index (χ1) is 7.06. The van der Waals surface area contributed by atoms with Crippen LogP contribution in [-0.4, -0.2) is 36.4 Å². The highest BCUT2D eigenvalue weighted by atomic mass is 16.5. The van der Waals surface area contributed by atoms with Crippen LogP contribution in [0.2, 0.25) is 0 Å². The van der Waals surface area contributed by atoms with Gasteiger partial charge in [-0.3, -0.25) is 0 Å². The van der Waals surface area contributed by atoms with Gasteiger partial charge in [-0.05, 0) is 27.2 Å². The smallest absolute Gasteiger partial charge is 0.330 e. The van der Waals surface area contributed by atoms with Crippen molar-refractivity contribution in [3.05, 3.63) is 12.2 Å². The zero-order valence-electron chi connectivity index (χ0n) is 9.69. The van der Waals surface area contributed by atoms with Gasteiger partial charge < -0.3 is 15.2 Å². The molecule has 0 aromatic rings. The average Bonchev–Trinajstić information content (AvgIpc) is 2.12. The number of nitrogens with one attached hydrogen (secondary N) is 1. The van der Waals surface area contributed by atoms with Crippen LogP contribution in [-0.2, 0) is 9.53 Å². The molecule has 4 nitrogen and oxygen atoms in total. The zero-order chi connectivity index (χ0) is 11.7. The number of hydrogen-bond donors (Lipinski definition) is 2. The number of aliphatic hydroxyl groups is 1. The van der Waals surface area contributed by atoms with Crippen LogP contribution < -0.4 is 5.32 Å². The summed E-state index contributed by atoms with van der Waals surface area (Å²) < 4.78 is 4.72. The molecule has 0 radical (unpaired) electrons. The van der Waals surface area contributed by atoms with Gasteiger partial charge in [-0.25, -0.2) is 4.79 Å². The van der Waals surface area contributed by atoms with Gasteiger partial charge >= 0.3 is 5.97 Å². The Bertz CT molecular complexity index is 202. The maximum Gasteiger partial charge on any atom is 0.330 e. The predicted molar refractivity (Wildman–Crippen MR) is 59.5 cm³/mol. The fourth-order valence-electron chi connectivity index (χ4n) is 1.21. The quantitative estimate of drug-likeness (QED) is 0.488. The molecule has 0 rings (SSSR count). The summed E-state index contributed by atoms with van der Waals surface area (Å²) in [5.41, 5.74) is 0. The summed E-state index contributed by atoms with van der Waals surface area (Å²) in [7, 11) is 0. The Morgan fingerprint density at radius 2 is 2.20 bits per heavy atom. The Morgan fingerprint density at radius 1 is 1.53 bits per heavy atom. The van der Waals surface area contributed by atoms with Crippen molar-refractivity contribution in [2.24, 2.45) is 0 Å². The number of ether oxygens (including phenoxy) is 1. The minimum atomic E-state index is -0.317. The van der Waals surface area contributed by atoms with Gasteiger partial charge in [-0.2, -0.15) is 0 Å². The molecule has 0 aliphatic heterocycles. The van der Waals surface area contributed by atoms with Crippen molar-refractivity contribution in [1.82, 2.24) is 5.32 Å². The molecule has 2 unspecified atom stereocenters. The summed E-state index contributed by atoms with van der Waals surface area (Å²) in [5, 5.41) is 12.3. The highest BCUT2D eigenvalue weighted by Crippen LogP contribution is 1.95. The Kier molecular flexibility index (Phi) is 7.95. The molecule has 0 aromatic carbocycles. The van der Waals surface area contributed by atoms with Crippen LogP contribution in [0, 0.1) is 0 Å². The van der Waals surface area contributed by atoms with E-state index < -0.39 is 0 Å². The van der Waals surface area contributed by atoms with E-state index in [1.807, 2.05) is 6.92 Å². The van der Waals surface area contributed by atoms with Gasteiger partial charge in [0.2, 0.25) is 0 Å². The summed E-state index contributed by atoms with van der Waals surface area (Å²) >= 11 is 0. The summed E-state index contributed by atoms with van der Waals surface area (Å²) in [6.45, 7) is 6.52. The normalized spacial score (nSPS) is 15.2. The molecule has 4 heteroatoms. The zero-order valence-corrected chi connectivity index (χ0v) is 9.69. The first-order valence-electron chi connectivity index (χ1n) is 5.31. The van der Waals surface area contributed by atoms with Crippen molar-refractivity contribution < 1.29 is 14.6 Å². The minimum absolute atomic E-state index is 0.233. The van der Waals surface area contributed by atoms with Crippen molar-refractivity contribution in [3.8, 4) is 0 Å². The van der Waals surface area contributed by atoms with Crippen LogP contribution in [0.25, 0.3) is 0 Å². The van der Waals surface area contributed by atoms with Gasteiger partial charge in [0.15, 0.2) is 0 Å². The van der Waals surface area contributed by atoms with Gasteiger partial charge in [-0.15, -0.1) is 0 Å². The molecule has 0 spiro atoms. The van der Waals surface area contributed by atoms with Crippen molar-refractivity contribution >= 4 is 5.97 Å². The van der Waals surface area contributed by atoms with E-state index in [4.69, 9.17) is 9.84 Å². The minimum Gasteiger partial charge on any atom is -0.463 e. The highest BCUT2D eigenvalue weighted by molar-refractivity contribution is 5.81. The van der Waals surface area contributed by atoms with Crippen molar-refractivity contribution in [2.75, 3.05) is 13.2 Å². The lowest BCUT2D eigenvalue weighted by Crippen LogP contribution is -2.29. The lowest BCUT2D eigenvalue weighted by Gasteiger charge is -2.13. The molecule has 2 atom stereocenters. The number of aliphatic hydroxyl groups excluding tert-OH is 1. The van der Waals surface area contributed by atoms with Gasteiger partial charge in [0.05, 0.1) is 12.7 Å². The Hall–Kier alpha value is -0.870. The molecule has 0 saturated heterocycles. The molecule has 0 saturated carbocycles. The topological polar surface area (TPSA) is 58.6 Å². The Morgan fingerprint density at radius 3 is 2.73 bits per heavy atom. The van der Waals surface area contributed by atoms with Gasteiger partial charge in [0, 0.05) is 18.7 Å². The van der Waals surface area contributed by atoms with Crippen LogP contribution in [0.5, 0.6) is 0 Å². The van der Waals surface area contributed by atoms with E-state index in [2.05, 4.69) is 5.32 Å². The largest absolute Gasteiger partial charge is 0.463 e. The lowest BCUT2D eigenvalue weighted by molar-refractivity contribution is -0.137. The van der Waals surface area contributed by atoms with E-state index in [0.717, 1.165) is 0 Å². The second kappa shape index (κ2) is 8.44. The molecule has 0 heterocycles. The number of rotatable bonds is 7. The first-order valence-corrected chi connectivity index (χ1v) is 5.31. The molecule has 15 heavy (non-hydrogen) atoms. The average molecular weight is 215 g/mol. The van der Waals surface area contributed by atoms with E-state index in [0.29, 0.717) is 19.6 Å². The summed E-state index contributed by atoms with van der Waals surface area (Å²) in [6, 6.07) is 0.233. The summed E-state index contributed by atoms with van der Waals surface area (Å²) in [6.07, 6.45) is 3.52. The van der Waals surface area contributed by atoms with Crippen LogP contribution in [0.4, 0.5) is 0 Å². The van der Waals surface area contributed by atoms with Crippen LogP contribution in [0.15, 0.2) is 12.2 Å². The third kappa shape index (κ3) is 9.43. The molecule has 0 amide bonds. The number of hydrogen-bond acceptors (Lipinski definition) is 4. The molecule has 0 aliphatic rings. The second-order valence-corrected chi connectivity index (χ2v) is 3.55. The molecule has 0 aliphatic carbocycles. The van der Waals surface area contributed by atoms with Crippen LogP contribution in [0.3, 0.4) is 0 Å². The maximum atomic E-state index is 10.9. The predicted octanol–water partition coefficient (Wildman–Crippen LogP) is 0.855. The van der Waals surface area contributed by atoms with Gasteiger partial charge in [-0.1, -0.05) is 6.08 Å². The lowest BCUT2D eigenvalue weighted by atomic mass is 10.1. The van der Waals surface area contributed by atoms with E-state index in [1.165, 1.54) is 6.08 Å². The fraction of sp³-hybridized carbons (Fsp3) is 0.727. The number of carbonyl (C=O) groups excluding carboxylic acids is 1. The van der Waals surface area contributed by atoms with Crippen LogP contribution in [0.1, 0.15) is 27.2 Å². The maximum absolute atomic E-state index is 10.9. The fourth-order valence-corrected chi connectivity index (χ4v) is 1.21. The molecule has 0 aromatic heterocycles. The van der Waals surface area contributed by atoms with E-state index in [1.54, 1.807) is 19.9 Å². The van der Waals surface area contributed by atoms with Crippen molar-refractivity contribution in [2.45, 2.75) is 39.3 Å². The third-order valence-corrected chi connectivity index (χ3v) is 1.82. The monoisotopic (exact) mass is 215 g/mol. The molecular weight excluding hydrogens is 194 g/mol. The third-order valence-electron chi connectivity index (χ3n) is 1.82. The van der Waals surface area contributed by atoms with Crippen LogP contribution >= 0.6 is 0 Å². The number of carbonyl (C=O) groups is 1. The van der Waals surface area contributed by atoms with E-state index in [-0.39, 0.29) is 18.1 Å². The highest BCUT2D eigenvalue weighted by Gasteiger charge is 2.03. The Balaban J connectivity index is 3.56. The molecule has 0 fully saturated rings. The first kappa shape index (κ1) is 14.1. The number of esters is 1. The van der Waals surface area contributed by atoms with Gasteiger partial charge in [0.25, 0.3) is 0 Å². The van der Waals surface area contributed by atoms with E-state index >= 15 is 0 Å². The molecule has 2 N–H and O–H groups in total. The standard InChI is InChI=1S/C11H21NO3/c1-4-15-11(14)6-5-7-12-9(2)8-10(3)13/h5-6,9-10,12-13H,4,7-8H2,1-3H3/b6-5+.